The molecule has 0 radical (unpaired) electrons. The summed E-state index contributed by atoms with van der Waals surface area (Å²) in [5, 5.41) is 7.40. The van der Waals surface area contributed by atoms with Gasteiger partial charge in [0.25, 0.3) is 0 Å². The van der Waals surface area contributed by atoms with Crippen molar-refractivity contribution in [2.24, 2.45) is 0 Å². The number of rotatable bonds is 9. The number of anilines is 5. The third kappa shape index (κ3) is 5.58. The summed E-state index contributed by atoms with van der Waals surface area (Å²) in [4.78, 5) is 19.2. The van der Waals surface area contributed by atoms with Gasteiger partial charge in [-0.25, -0.2) is 13.4 Å². The second-order valence-corrected chi connectivity index (χ2v) is 10.8. The van der Waals surface area contributed by atoms with Crippen molar-refractivity contribution in [1.29, 1.82) is 0 Å². The van der Waals surface area contributed by atoms with E-state index < -0.39 is 10.0 Å². The van der Waals surface area contributed by atoms with Crippen LogP contribution in [0, 0.1) is 0 Å². The van der Waals surface area contributed by atoms with Gasteiger partial charge in [0.05, 0.1) is 49.9 Å². The van der Waals surface area contributed by atoms with Gasteiger partial charge in [-0.3, -0.25) is 4.31 Å². The Morgan fingerprint density at radius 2 is 1.95 bits per heavy atom. The highest BCUT2D eigenvalue weighted by molar-refractivity contribution is 7.92. The number of benzene rings is 1. The molecule has 1 aliphatic rings. The molecule has 3 N–H and O–H groups in total. The maximum Gasteiger partial charge on any atom is 0.233 e. The van der Waals surface area contributed by atoms with Crippen LogP contribution in [0.3, 0.4) is 0 Å². The van der Waals surface area contributed by atoms with Gasteiger partial charge < -0.3 is 30.0 Å². The first-order chi connectivity index (χ1) is 18.3. The van der Waals surface area contributed by atoms with Crippen molar-refractivity contribution in [1.82, 2.24) is 19.9 Å². The first-order valence-electron chi connectivity index (χ1n) is 12.1. The predicted octanol–water partition coefficient (Wildman–Crippen LogP) is 2.95. The summed E-state index contributed by atoms with van der Waals surface area (Å²) in [6.07, 6.45) is 2.94. The van der Waals surface area contributed by atoms with Crippen LogP contribution in [0.15, 0.2) is 48.7 Å². The van der Waals surface area contributed by atoms with Crippen LogP contribution in [0.2, 0.25) is 0 Å². The number of hydrogen-bond acceptors (Lipinski definition) is 10. The number of ether oxygens (including phenoxy) is 2. The van der Waals surface area contributed by atoms with Gasteiger partial charge in [-0.05, 0) is 30.3 Å². The fourth-order valence-corrected chi connectivity index (χ4v) is 4.58. The average molecular weight is 539 g/mol. The van der Waals surface area contributed by atoms with E-state index in [9.17, 15) is 8.42 Å². The minimum atomic E-state index is -3.41. The Labute approximate surface area is 221 Å². The van der Waals surface area contributed by atoms with Gasteiger partial charge >= 0.3 is 0 Å². The fraction of sp³-hybridized carbons (Fsp3) is 0.320. The molecule has 3 aromatic heterocycles. The first-order valence-corrected chi connectivity index (χ1v) is 13.9. The molecule has 5 rings (SSSR count). The standard InChI is InChI=1S/C25H30N8O4S/c1-32(38(3,34)35)22-6-4-5-17(28-22)16-27-24-19-9-10-26-23(19)30-25(31-24)29-20-8-7-18(15-21(20)36-2)33-11-13-37-14-12-33/h4-10,15H,11-14,16H2,1-3H3,(H3,26,27,29,30,31). The van der Waals surface area contributed by atoms with Crippen molar-refractivity contribution in [2.75, 3.05) is 66.6 Å². The zero-order valence-electron chi connectivity index (χ0n) is 21.4. The Kier molecular flexibility index (Phi) is 7.20. The Bertz CT molecular complexity index is 1540. The van der Waals surface area contributed by atoms with E-state index in [0.29, 0.717) is 54.4 Å². The number of methoxy groups -OCH3 is 1. The second kappa shape index (κ2) is 10.7. The number of H-pyrrole nitrogens is 1. The second-order valence-electron chi connectivity index (χ2n) is 8.82. The quantitative estimate of drug-likeness (QED) is 0.292. The van der Waals surface area contributed by atoms with Crippen LogP contribution < -0.4 is 24.6 Å². The lowest BCUT2D eigenvalue weighted by atomic mass is 10.2. The van der Waals surface area contributed by atoms with Crippen molar-refractivity contribution in [2.45, 2.75) is 6.54 Å². The molecule has 4 aromatic rings. The zero-order chi connectivity index (χ0) is 26.7. The van der Waals surface area contributed by atoms with Crippen LogP contribution in [0.1, 0.15) is 5.69 Å². The van der Waals surface area contributed by atoms with Gasteiger partial charge in [0, 0.05) is 38.1 Å². The lowest BCUT2D eigenvalue weighted by Gasteiger charge is -2.29. The van der Waals surface area contributed by atoms with Crippen molar-refractivity contribution in [3.8, 4) is 5.75 Å². The topological polar surface area (TPSA) is 138 Å². The minimum Gasteiger partial charge on any atom is -0.494 e. The maximum atomic E-state index is 11.9. The van der Waals surface area contributed by atoms with E-state index in [0.717, 1.165) is 40.4 Å². The molecule has 1 aromatic carbocycles. The highest BCUT2D eigenvalue weighted by atomic mass is 32.2. The summed E-state index contributed by atoms with van der Waals surface area (Å²) >= 11 is 0. The molecule has 13 heteroatoms. The van der Waals surface area contributed by atoms with Crippen LogP contribution in [0.4, 0.5) is 29.0 Å². The highest BCUT2D eigenvalue weighted by Crippen LogP contribution is 2.32. The summed E-state index contributed by atoms with van der Waals surface area (Å²) in [6, 6.07) is 13.1. The molecule has 0 spiro atoms. The molecule has 0 aliphatic carbocycles. The molecule has 0 atom stereocenters. The summed E-state index contributed by atoms with van der Waals surface area (Å²) in [6.45, 7) is 3.41. The Morgan fingerprint density at radius 1 is 1.13 bits per heavy atom. The van der Waals surface area contributed by atoms with E-state index in [4.69, 9.17) is 14.5 Å². The SMILES string of the molecule is COc1cc(N2CCOCC2)ccc1Nc1nc(NCc2cccc(N(C)S(C)(=O)=O)n2)c2cc[nH]c2n1. The van der Waals surface area contributed by atoms with E-state index in [1.54, 1.807) is 25.4 Å². The number of aromatic amines is 1. The summed E-state index contributed by atoms with van der Waals surface area (Å²) in [5.74, 6) is 2.01. The molecule has 0 bridgehead atoms. The number of sulfonamides is 1. The number of nitrogens with one attached hydrogen (secondary N) is 3. The molecule has 1 fully saturated rings. The normalized spacial score (nSPS) is 13.9. The Balaban J connectivity index is 1.37. The molecule has 1 saturated heterocycles. The summed E-state index contributed by atoms with van der Waals surface area (Å²) in [5.41, 5.74) is 3.12. The van der Waals surface area contributed by atoms with E-state index in [1.165, 1.54) is 7.05 Å². The van der Waals surface area contributed by atoms with Crippen LogP contribution in [-0.4, -0.2) is 75.1 Å². The highest BCUT2D eigenvalue weighted by Gasteiger charge is 2.16. The molecule has 12 nitrogen and oxygen atoms in total. The van der Waals surface area contributed by atoms with Gasteiger partial charge in [-0.2, -0.15) is 9.97 Å². The van der Waals surface area contributed by atoms with Gasteiger partial charge in [0.2, 0.25) is 16.0 Å². The number of pyridine rings is 1. The predicted molar refractivity (Wildman–Crippen MR) is 148 cm³/mol. The van der Waals surface area contributed by atoms with Crippen molar-refractivity contribution in [3.63, 3.8) is 0 Å². The van der Waals surface area contributed by atoms with Crippen LogP contribution in [0.5, 0.6) is 5.75 Å². The van der Waals surface area contributed by atoms with Crippen molar-refractivity contribution >= 4 is 50.0 Å². The van der Waals surface area contributed by atoms with Crippen LogP contribution in [-0.2, 0) is 21.3 Å². The number of aromatic nitrogens is 4. The third-order valence-corrected chi connectivity index (χ3v) is 7.45. The molecule has 200 valence electrons. The smallest absolute Gasteiger partial charge is 0.233 e. The Hall–Kier alpha value is -4.10. The summed E-state index contributed by atoms with van der Waals surface area (Å²) in [7, 11) is -0.305. The van der Waals surface area contributed by atoms with Gasteiger partial charge in [-0.1, -0.05) is 6.07 Å². The van der Waals surface area contributed by atoms with E-state index >= 15 is 0 Å². The van der Waals surface area contributed by atoms with Crippen molar-refractivity contribution in [3.05, 3.63) is 54.4 Å². The Morgan fingerprint density at radius 3 is 2.71 bits per heavy atom. The number of nitrogens with zero attached hydrogens (tertiary/aromatic N) is 5. The van der Waals surface area contributed by atoms with Gasteiger partial charge in [0.15, 0.2) is 0 Å². The van der Waals surface area contributed by atoms with Crippen LogP contribution in [0.25, 0.3) is 11.0 Å². The van der Waals surface area contributed by atoms with E-state index in [1.807, 2.05) is 30.3 Å². The van der Waals surface area contributed by atoms with Crippen LogP contribution >= 0.6 is 0 Å². The zero-order valence-corrected chi connectivity index (χ0v) is 22.2. The van der Waals surface area contributed by atoms with Gasteiger partial charge in [-0.15, -0.1) is 0 Å². The number of fused-ring (bicyclic) bond motifs is 1. The average Bonchev–Trinajstić information content (AvgIpc) is 3.40. The number of hydrogen-bond donors (Lipinski definition) is 3. The maximum absolute atomic E-state index is 11.9. The summed E-state index contributed by atoms with van der Waals surface area (Å²) < 4.78 is 36.1. The van der Waals surface area contributed by atoms with E-state index in [-0.39, 0.29) is 0 Å². The molecule has 38 heavy (non-hydrogen) atoms. The molecular weight excluding hydrogens is 508 g/mol. The molecular formula is C25H30N8O4S. The first kappa shape index (κ1) is 25.5. The van der Waals surface area contributed by atoms with Crippen molar-refractivity contribution < 1.29 is 17.9 Å². The monoisotopic (exact) mass is 538 g/mol. The number of morpholine rings is 1. The van der Waals surface area contributed by atoms with Gasteiger partial charge in [0.1, 0.15) is 23.0 Å². The lowest BCUT2D eigenvalue weighted by molar-refractivity contribution is 0.122. The largest absolute Gasteiger partial charge is 0.494 e. The molecule has 0 unspecified atom stereocenters. The third-order valence-electron chi connectivity index (χ3n) is 6.27. The molecule has 1 aliphatic heterocycles. The minimum absolute atomic E-state index is 0.333. The molecule has 4 heterocycles. The fourth-order valence-electron chi connectivity index (χ4n) is 4.14. The lowest BCUT2D eigenvalue weighted by Crippen LogP contribution is -2.36. The molecule has 0 saturated carbocycles. The molecule has 0 amide bonds. The van der Waals surface area contributed by atoms with E-state index in [2.05, 4.69) is 30.5 Å².